The van der Waals surface area contributed by atoms with Crippen LogP contribution in [-0.2, 0) is 0 Å². The number of rotatable bonds is 4. The van der Waals surface area contributed by atoms with E-state index in [1.807, 2.05) is 0 Å². The molecule has 0 amide bonds. The zero-order valence-electron chi connectivity index (χ0n) is 16.1. The maximum Gasteiger partial charge on any atom is 0.249 e. The molecular formula is C21H23FN6. The van der Waals surface area contributed by atoms with Gasteiger partial charge in [-0.15, -0.1) is 5.10 Å². The highest BCUT2D eigenvalue weighted by Crippen LogP contribution is 2.25. The minimum atomic E-state index is -0.278. The van der Waals surface area contributed by atoms with Crippen molar-refractivity contribution >= 4 is 23.1 Å². The van der Waals surface area contributed by atoms with Gasteiger partial charge >= 0.3 is 0 Å². The average Bonchev–Trinajstić information content (AvgIpc) is 2.72. The molecule has 144 valence electrons. The summed E-state index contributed by atoms with van der Waals surface area (Å²) >= 11 is 0. The molecule has 0 radical (unpaired) electrons. The zero-order valence-corrected chi connectivity index (χ0v) is 16.1. The monoisotopic (exact) mass is 378 g/mol. The molecule has 1 fully saturated rings. The van der Waals surface area contributed by atoms with Crippen molar-refractivity contribution in [2.75, 3.05) is 41.3 Å². The van der Waals surface area contributed by atoms with E-state index < -0.39 is 0 Å². The van der Waals surface area contributed by atoms with Crippen molar-refractivity contribution in [1.29, 1.82) is 0 Å². The van der Waals surface area contributed by atoms with Crippen LogP contribution in [0.15, 0.2) is 48.7 Å². The highest BCUT2D eigenvalue weighted by Gasteiger charge is 2.20. The van der Waals surface area contributed by atoms with Gasteiger partial charge in [0.2, 0.25) is 5.95 Å². The number of aryl methyl sites for hydroxylation is 1. The van der Waals surface area contributed by atoms with E-state index in [-0.39, 0.29) is 5.82 Å². The number of anilines is 4. The van der Waals surface area contributed by atoms with Gasteiger partial charge in [0.15, 0.2) is 5.82 Å². The fraction of sp³-hybridized carbons (Fsp3) is 0.286. The number of piperazine rings is 1. The Morgan fingerprint density at radius 3 is 2.39 bits per heavy atom. The van der Waals surface area contributed by atoms with E-state index in [1.54, 1.807) is 18.3 Å². The summed E-state index contributed by atoms with van der Waals surface area (Å²) in [5.74, 6) is 0.918. The first-order valence-electron chi connectivity index (χ1n) is 9.38. The van der Waals surface area contributed by atoms with Gasteiger partial charge in [-0.05, 0) is 55.3 Å². The van der Waals surface area contributed by atoms with E-state index in [2.05, 4.69) is 62.3 Å². The van der Waals surface area contributed by atoms with Crippen molar-refractivity contribution in [3.63, 3.8) is 0 Å². The van der Waals surface area contributed by atoms with Crippen LogP contribution in [0.2, 0.25) is 0 Å². The summed E-state index contributed by atoms with van der Waals surface area (Å²) in [5.41, 5.74) is 4.68. The van der Waals surface area contributed by atoms with Gasteiger partial charge in [-0.3, -0.25) is 0 Å². The minimum Gasteiger partial charge on any atom is -0.368 e. The smallest absolute Gasteiger partial charge is 0.249 e. The predicted octanol–water partition coefficient (Wildman–Crippen LogP) is 3.70. The number of nitrogens with zero attached hydrogens (tertiary/aromatic N) is 5. The van der Waals surface area contributed by atoms with Crippen LogP contribution < -0.4 is 15.1 Å². The molecule has 2 heterocycles. The second-order valence-corrected chi connectivity index (χ2v) is 6.96. The van der Waals surface area contributed by atoms with E-state index in [9.17, 15) is 4.39 Å². The van der Waals surface area contributed by atoms with Crippen LogP contribution in [0, 0.1) is 19.7 Å². The lowest BCUT2D eigenvalue weighted by Crippen LogP contribution is -2.47. The number of nitrogens with one attached hydrogen (secondary N) is 1. The molecule has 0 unspecified atom stereocenters. The first-order chi connectivity index (χ1) is 13.6. The SMILES string of the molecule is Cc1cccc(N2CCN(c3cnnc(Nc4ccc(F)cc4)n3)CC2)c1C. The van der Waals surface area contributed by atoms with Crippen molar-refractivity contribution in [3.05, 3.63) is 65.6 Å². The summed E-state index contributed by atoms with van der Waals surface area (Å²) < 4.78 is 13.1. The van der Waals surface area contributed by atoms with Crippen LogP contribution in [0.1, 0.15) is 11.1 Å². The molecule has 0 bridgehead atoms. The Labute approximate surface area is 164 Å². The standard InChI is InChI=1S/C21H23FN6/c1-15-4-3-5-19(16(15)2)27-10-12-28(13-11-27)20-14-23-26-21(25-20)24-18-8-6-17(22)7-9-18/h3-9,14H,10-13H2,1-2H3,(H,24,25,26). The van der Waals surface area contributed by atoms with Crippen molar-refractivity contribution in [3.8, 4) is 0 Å². The largest absolute Gasteiger partial charge is 0.368 e. The summed E-state index contributed by atoms with van der Waals surface area (Å²) in [7, 11) is 0. The van der Waals surface area contributed by atoms with E-state index in [0.717, 1.165) is 37.7 Å². The summed E-state index contributed by atoms with van der Waals surface area (Å²) in [6.45, 7) is 7.91. The Hall–Kier alpha value is -3.22. The zero-order chi connectivity index (χ0) is 19.5. The Morgan fingerprint density at radius 2 is 1.64 bits per heavy atom. The Kier molecular flexibility index (Phi) is 5.06. The van der Waals surface area contributed by atoms with Crippen molar-refractivity contribution in [1.82, 2.24) is 15.2 Å². The van der Waals surface area contributed by atoms with Crippen LogP contribution in [0.4, 0.5) is 27.5 Å². The minimum absolute atomic E-state index is 0.278. The average molecular weight is 378 g/mol. The molecule has 28 heavy (non-hydrogen) atoms. The van der Waals surface area contributed by atoms with Gasteiger partial charge in [0.1, 0.15) is 5.82 Å². The van der Waals surface area contributed by atoms with Gasteiger partial charge in [-0.1, -0.05) is 12.1 Å². The number of hydrogen-bond acceptors (Lipinski definition) is 6. The van der Waals surface area contributed by atoms with Gasteiger partial charge in [-0.25, -0.2) is 4.39 Å². The summed E-state index contributed by atoms with van der Waals surface area (Å²) in [5, 5.41) is 11.2. The summed E-state index contributed by atoms with van der Waals surface area (Å²) in [6.07, 6.45) is 1.68. The van der Waals surface area contributed by atoms with Gasteiger partial charge in [0, 0.05) is 37.6 Å². The first-order valence-corrected chi connectivity index (χ1v) is 9.38. The predicted molar refractivity (Wildman–Crippen MR) is 110 cm³/mol. The molecule has 0 saturated carbocycles. The molecular weight excluding hydrogens is 355 g/mol. The quantitative estimate of drug-likeness (QED) is 0.747. The molecule has 7 heteroatoms. The Balaban J connectivity index is 1.43. The number of benzene rings is 2. The van der Waals surface area contributed by atoms with Gasteiger partial charge in [0.05, 0.1) is 6.20 Å². The second kappa shape index (κ2) is 7.80. The van der Waals surface area contributed by atoms with Gasteiger partial charge < -0.3 is 15.1 Å². The highest BCUT2D eigenvalue weighted by molar-refractivity contribution is 5.58. The molecule has 0 atom stereocenters. The van der Waals surface area contributed by atoms with Crippen molar-refractivity contribution in [2.24, 2.45) is 0 Å². The first kappa shape index (κ1) is 18.2. The molecule has 3 aromatic rings. The lowest BCUT2D eigenvalue weighted by atomic mass is 10.1. The van der Waals surface area contributed by atoms with Gasteiger partial charge in [-0.2, -0.15) is 10.1 Å². The fourth-order valence-corrected chi connectivity index (χ4v) is 3.42. The van der Waals surface area contributed by atoms with Crippen molar-refractivity contribution in [2.45, 2.75) is 13.8 Å². The molecule has 1 aliphatic heterocycles. The summed E-state index contributed by atoms with van der Waals surface area (Å²) in [6, 6.07) is 12.5. The van der Waals surface area contributed by atoms with E-state index in [4.69, 9.17) is 0 Å². The van der Waals surface area contributed by atoms with E-state index in [1.165, 1.54) is 28.9 Å². The fourth-order valence-electron chi connectivity index (χ4n) is 3.42. The second-order valence-electron chi connectivity index (χ2n) is 6.96. The lowest BCUT2D eigenvalue weighted by molar-refractivity contribution is 0.628. The van der Waals surface area contributed by atoms with Crippen LogP contribution in [0.3, 0.4) is 0 Å². The summed E-state index contributed by atoms with van der Waals surface area (Å²) in [4.78, 5) is 9.21. The maximum absolute atomic E-state index is 13.1. The van der Waals surface area contributed by atoms with Gasteiger partial charge in [0.25, 0.3) is 0 Å². The van der Waals surface area contributed by atoms with E-state index >= 15 is 0 Å². The van der Waals surface area contributed by atoms with Crippen LogP contribution in [0.5, 0.6) is 0 Å². The lowest BCUT2D eigenvalue weighted by Gasteiger charge is -2.37. The highest BCUT2D eigenvalue weighted by atomic mass is 19.1. The molecule has 4 rings (SSSR count). The third-order valence-corrected chi connectivity index (χ3v) is 5.17. The normalized spacial score (nSPS) is 14.2. The third-order valence-electron chi connectivity index (χ3n) is 5.17. The van der Waals surface area contributed by atoms with Crippen LogP contribution in [-0.4, -0.2) is 41.4 Å². The molecule has 1 N–H and O–H groups in total. The van der Waals surface area contributed by atoms with Crippen LogP contribution >= 0.6 is 0 Å². The molecule has 2 aromatic carbocycles. The Morgan fingerprint density at radius 1 is 0.929 bits per heavy atom. The molecule has 1 aromatic heterocycles. The van der Waals surface area contributed by atoms with Crippen molar-refractivity contribution < 1.29 is 4.39 Å². The topological polar surface area (TPSA) is 57.2 Å². The third kappa shape index (κ3) is 3.88. The molecule has 0 spiro atoms. The van der Waals surface area contributed by atoms with Crippen LogP contribution in [0.25, 0.3) is 0 Å². The maximum atomic E-state index is 13.1. The molecule has 6 nitrogen and oxygen atoms in total. The molecule has 1 saturated heterocycles. The Bertz CT molecular complexity index is 951. The molecule has 0 aliphatic carbocycles. The number of halogens is 1. The van der Waals surface area contributed by atoms with E-state index in [0.29, 0.717) is 5.95 Å². The number of aromatic nitrogens is 3. The molecule has 1 aliphatic rings. The number of hydrogen-bond donors (Lipinski definition) is 1.